The second-order valence-electron chi connectivity index (χ2n) is 14.6. The lowest BCUT2D eigenvalue weighted by molar-refractivity contribution is -0.250. The molecule has 1 heterocycles. The number of piperazine rings is 1. The summed E-state index contributed by atoms with van der Waals surface area (Å²) in [5, 5.41) is 0. The van der Waals surface area contributed by atoms with E-state index in [0.717, 1.165) is 43.5 Å². The monoisotopic (exact) mass is 715 g/mol. The van der Waals surface area contributed by atoms with Crippen LogP contribution in [-0.4, -0.2) is 72.3 Å². The smallest absolute Gasteiger partial charge is 0.368 e. The Morgan fingerprint density at radius 1 is 0.917 bits per heavy atom. The van der Waals surface area contributed by atoms with Gasteiger partial charge in [-0.15, -0.1) is 0 Å². The van der Waals surface area contributed by atoms with E-state index in [2.05, 4.69) is 18.7 Å². The van der Waals surface area contributed by atoms with E-state index in [0.29, 0.717) is 58.1 Å². The maximum absolute atomic E-state index is 14.0. The molecule has 0 atom stereocenters. The molecule has 2 aromatic rings. The molecule has 1 saturated heterocycles. The Kier molecular flexibility index (Phi) is 8.35. The van der Waals surface area contributed by atoms with Crippen molar-refractivity contribution in [1.82, 2.24) is 4.90 Å². The number of alkyl halides is 5. The van der Waals surface area contributed by atoms with E-state index in [-0.39, 0.29) is 22.1 Å². The number of amides is 1. The third kappa shape index (κ3) is 5.72. The third-order valence-corrected chi connectivity index (χ3v) is 14.3. The normalized spacial score (nSPS) is 26.3. The van der Waals surface area contributed by atoms with Crippen molar-refractivity contribution in [3.05, 3.63) is 59.2 Å². The summed E-state index contributed by atoms with van der Waals surface area (Å²) in [6.07, 6.45) is 2.04. The summed E-state index contributed by atoms with van der Waals surface area (Å²) in [6.45, 7) is 6.75. The molecule has 5 aliphatic rings. The summed E-state index contributed by atoms with van der Waals surface area (Å²) in [7, 11) is -11.0. The first kappa shape index (κ1) is 34.8. The van der Waals surface area contributed by atoms with Gasteiger partial charge in [-0.3, -0.25) is 9.69 Å². The summed E-state index contributed by atoms with van der Waals surface area (Å²) in [4.78, 5) is 13.0. The molecule has 0 aromatic heterocycles. The van der Waals surface area contributed by atoms with Crippen molar-refractivity contribution >= 4 is 31.3 Å². The Hall–Kier alpha value is -3.04. The van der Waals surface area contributed by atoms with Crippen LogP contribution in [0.25, 0.3) is 0 Å². The Morgan fingerprint density at radius 3 is 2.08 bits per heavy atom. The average Bonchev–Trinajstić information content (AvgIpc) is 2.96. The lowest BCUT2D eigenvalue weighted by Crippen LogP contribution is -2.66. The summed E-state index contributed by atoms with van der Waals surface area (Å²) < 4.78 is 121. The summed E-state index contributed by atoms with van der Waals surface area (Å²) in [5.41, 5.74) is 1.29. The van der Waals surface area contributed by atoms with Crippen LogP contribution in [0.15, 0.2) is 68.3 Å². The fraction of sp³-hybridized carbons (Fsp3) is 0.545. The molecule has 48 heavy (non-hydrogen) atoms. The molecule has 1 amide bonds. The number of hydrogen-bond donors (Lipinski definition) is 1. The third-order valence-electron chi connectivity index (χ3n) is 10.8. The van der Waals surface area contributed by atoms with Gasteiger partial charge in [-0.1, -0.05) is 37.1 Å². The fourth-order valence-electron chi connectivity index (χ4n) is 8.19. The molecule has 4 fully saturated rings. The van der Waals surface area contributed by atoms with Crippen LogP contribution in [0.3, 0.4) is 0 Å². The maximum atomic E-state index is 14.0. The molecule has 2 aromatic carbocycles. The van der Waals surface area contributed by atoms with Crippen LogP contribution in [0.1, 0.15) is 62.7 Å². The highest BCUT2D eigenvalue weighted by Gasteiger charge is 2.73. The van der Waals surface area contributed by atoms with Gasteiger partial charge in [0, 0.05) is 43.7 Å². The fourth-order valence-corrected chi connectivity index (χ4v) is 11.3. The Bertz CT molecular complexity index is 1880. The first-order chi connectivity index (χ1) is 22.2. The van der Waals surface area contributed by atoms with Crippen LogP contribution < -0.4 is 10.6 Å². The number of carbonyl (C=O) groups excluding carboxylic acids is 1. The molecular formula is C33H38F5N3O5S2. The Morgan fingerprint density at radius 2 is 1.52 bits per heavy atom. The molecule has 2 N–H and O–H groups in total. The summed E-state index contributed by atoms with van der Waals surface area (Å²) in [6, 6.07) is 7.13. The van der Waals surface area contributed by atoms with E-state index < -0.39 is 57.6 Å². The van der Waals surface area contributed by atoms with Crippen LogP contribution in [0.5, 0.6) is 0 Å². The zero-order chi connectivity index (χ0) is 35.1. The van der Waals surface area contributed by atoms with E-state index >= 15 is 0 Å². The minimum atomic E-state index is -6.04. The highest BCUT2D eigenvalue weighted by Crippen LogP contribution is 2.79. The van der Waals surface area contributed by atoms with Gasteiger partial charge in [-0.05, 0) is 79.7 Å². The van der Waals surface area contributed by atoms with E-state index in [1.807, 2.05) is 0 Å². The lowest BCUT2D eigenvalue weighted by atomic mass is 9.32. The van der Waals surface area contributed by atoms with Gasteiger partial charge in [-0.25, -0.2) is 25.6 Å². The van der Waals surface area contributed by atoms with E-state index in [4.69, 9.17) is 5.73 Å². The van der Waals surface area contributed by atoms with Crippen molar-refractivity contribution in [3.63, 3.8) is 0 Å². The topological polar surface area (TPSA) is 118 Å². The number of sulfone groups is 2. The van der Waals surface area contributed by atoms with Crippen molar-refractivity contribution in [2.24, 2.45) is 22.0 Å². The van der Waals surface area contributed by atoms with E-state index in [1.165, 1.54) is 23.3 Å². The first-order valence-corrected chi connectivity index (χ1v) is 18.7. The van der Waals surface area contributed by atoms with Gasteiger partial charge in [0.25, 0.3) is 9.84 Å². The number of carbonyl (C=O) groups is 1. The molecule has 3 saturated carbocycles. The molecule has 0 unspecified atom stereocenters. The Labute approximate surface area is 277 Å². The van der Waals surface area contributed by atoms with Gasteiger partial charge < -0.3 is 10.6 Å². The number of allylic oxidation sites excluding steroid dienone is 1. The SMILES string of the molecule is CC1(C)CCC(CN2CCN(c3ccc(C(N)=O)cc3S(=O)(=O)c3ccccc3S(=O)(=O)C(F)(F)F)CC2)=C(C23CC(C(F)F)(C2)C3)C1. The average molecular weight is 716 g/mol. The minimum absolute atomic E-state index is 0.0853. The van der Waals surface area contributed by atoms with Gasteiger partial charge in [0.2, 0.25) is 22.2 Å². The lowest BCUT2D eigenvalue weighted by Gasteiger charge is -2.72. The Balaban J connectivity index is 1.27. The predicted octanol–water partition coefficient (Wildman–Crippen LogP) is 5.98. The van der Waals surface area contributed by atoms with Crippen LogP contribution in [0.4, 0.5) is 27.6 Å². The van der Waals surface area contributed by atoms with Gasteiger partial charge in [-0.2, -0.15) is 13.2 Å². The molecule has 0 radical (unpaired) electrons. The largest absolute Gasteiger partial charge is 0.501 e. The van der Waals surface area contributed by atoms with Crippen molar-refractivity contribution in [3.8, 4) is 0 Å². The number of anilines is 1. The van der Waals surface area contributed by atoms with E-state index in [9.17, 15) is 43.6 Å². The van der Waals surface area contributed by atoms with Crippen molar-refractivity contribution in [2.45, 2.75) is 79.0 Å². The highest BCUT2D eigenvalue weighted by atomic mass is 32.2. The summed E-state index contributed by atoms with van der Waals surface area (Å²) >= 11 is 0. The number of nitrogens with two attached hydrogens (primary N) is 1. The molecule has 4 aliphatic carbocycles. The maximum Gasteiger partial charge on any atom is 0.501 e. The minimum Gasteiger partial charge on any atom is -0.368 e. The number of rotatable bonds is 9. The molecular weight excluding hydrogens is 678 g/mol. The van der Waals surface area contributed by atoms with Crippen molar-refractivity contribution in [2.75, 3.05) is 37.6 Å². The number of hydrogen-bond acceptors (Lipinski definition) is 7. The molecule has 2 bridgehead atoms. The first-order valence-electron chi connectivity index (χ1n) is 15.8. The molecule has 7 rings (SSSR count). The number of benzene rings is 2. The van der Waals surface area contributed by atoms with Crippen LogP contribution in [0, 0.1) is 16.2 Å². The number of halogens is 5. The predicted molar refractivity (Wildman–Crippen MR) is 168 cm³/mol. The van der Waals surface area contributed by atoms with Crippen LogP contribution >= 0.6 is 0 Å². The molecule has 1 aliphatic heterocycles. The molecule has 15 heteroatoms. The van der Waals surface area contributed by atoms with Gasteiger partial charge in [0.15, 0.2) is 0 Å². The zero-order valence-corrected chi connectivity index (χ0v) is 28.2. The van der Waals surface area contributed by atoms with Crippen LogP contribution in [-0.2, 0) is 19.7 Å². The van der Waals surface area contributed by atoms with Gasteiger partial charge >= 0.3 is 5.51 Å². The molecule has 8 nitrogen and oxygen atoms in total. The van der Waals surface area contributed by atoms with E-state index in [1.54, 1.807) is 4.90 Å². The van der Waals surface area contributed by atoms with Gasteiger partial charge in [0.1, 0.15) is 0 Å². The zero-order valence-electron chi connectivity index (χ0n) is 26.6. The second-order valence-corrected chi connectivity index (χ2v) is 18.4. The van der Waals surface area contributed by atoms with Crippen molar-refractivity contribution in [1.29, 1.82) is 0 Å². The standard InChI is InChI=1S/C33H38F5N3O5S2/c1-30(2)10-9-22(23(16-30)31-18-32(19-31,20-31)29(34)35)17-40-11-13-41(14-12-40)24-8-7-21(28(39)42)15-27(24)47(43,44)25-5-3-4-6-26(25)48(45,46)33(36,37)38/h3-8,15,29H,9-14,16-20H2,1-2H3,(H2,39,42). The van der Waals surface area contributed by atoms with Crippen LogP contribution in [0.2, 0.25) is 0 Å². The second kappa shape index (κ2) is 11.5. The molecule has 0 spiro atoms. The van der Waals surface area contributed by atoms with Gasteiger partial charge in [0.05, 0.1) is 20.4 Å². The number of primary amides is 1. The molecule has 262 valence electrons. The van der Waals surface area contributed by atoms with Crippen molar-refractivity contribution < 1.29 is 43.6 Å². The quantitative estimate of drug-likeness (QED) is 0.251. The highest BCUT2D eigenvalue weighted by molar-refractivity contribution is 7.95. The number of nitrogens with zero attached hydrogens (tertiary/aromatic N) is 2. The summed E-state index contributed by atoms with van der Waals surface area (Å²) in [5.74, 6) is -0.970.